The maximum atomic E-state index is 12.1. The van der Waals surface area contributed by atoms with E-state index in [0.717, 1.165) is 44.4 Å². The second-order valence-electron chi connectivity index (χ2n) is 11.3. The van der Waals surface area contributed by atoms with Crippen LogP contribution in [-0.2, 0) is 19.0 Å². The van der Waals surface area contributed by atoms with E-state index in [1.54, 1.807) is 11.9 Å². The Morgan fingerprint density at radius 2 is 1.57 bits per heavy atom. The van der Waals surface area contributed by atoms with Gasteiger partial charge in [-0.1, -0.05) is 44.5 Å². The molecule has 0 aromatic heterocycles. The first kappa shape index (κ1) is 38.2. The highest BCUT2D eigenvalue weighted by atomic mass is 32.2. The number of hydrogen-bond donors (Lipinski definition) is 4. The molecule has 0 spiro atoms. The Morgan fingerprint density at radius 3 is 2.30 bits per heavy atom. The molecular weight excluding hydrogens is 623 g/mol. The lowest BCUT2D eigenvalue weighted by atomic mass is 10.0. The van der Waals surface area contributed by atoms with Crippen molar-refractivity contribution in [2.24, 2.45) is 0 Å². The molecule has 2 aliphatic heterocycles. The summed E-state index contributed by atoms with van der Waals surface area (Å²) in [5, 5.41) is 11.9. The molecule has 4 rings (SSSR count). The van der Waals surface area contributed by atoms with Gasteiger partial charge in [0.25, 0.3) is 0 Å². The molecule has 2 aliphatic rings. The third kappa shape index (κ3) is 13.1. The molecule has 2 heterocycles. The number of nitrogens with zero attached hydrogens (tertiary/aromatic N) is 1. The van der Waals surface area contributed by atoms with Crippen LogP contribution in [0.2, 0.25) is 0 Å². The summed E-state index contributed by atoms with van der Waals surface area (Å²) in [7, 11) is 4.15. The van der Waals surface area contributed by atoms with Gasteiger partial charge in [-0.05, 0) is 55.2 Å². The predicted molar refractivity (Wildman–Crippen MR) is 192 cm³/mol. The fourth-order valence-electron chi connectivity index (χ4n) is 5.43. The first-order valence-corrected chi connectivity index (χ1v) is 18.7. The number of thioether (sulfide) groups is 1. The van der Waals surface area contributed by atoms with Crippen LogP contribution in [0.4, 0.5) is 10.5 Å². The number of carbonyl (C=O) groups is 2. The summed E-state index contributed by atoms with van der Waals surface area (Å²) in [5.74, 6) is 1.07. The highest BCUT2D eigenvalue weighted by molar-refractivity contribution is 8.00. The topological polar surface area (TPSA) is 113 Å². The lowest BCUT2D eigenvalue weighted by molar-refractivity contribution is -0.121. The molecule has 3 atom stereocenters. The van der Waals surface area contributed by atoms with Crippen molar-refractivity contribution in [3.05, 3.63) is 36.4 Å². The van der Waals surface area contributed by atoms with Crippen molar-refractivity contribution < 1.29 is 23.8 Å². The fraction of sp³-hybridized carbons (Fsp3) is 0.647. The van der Waals surface area contributed by atoms with Crippen LogP contribution in [0, 0.1) is 0 Å². The van der Waals surface area contributed by atoms with Crippen LogP contribution in [0.15, 0.2) is 41.3 Å². The number of benzene rings is 2. The van der Waals surface area contributed by atoms with Crippen molar-refractivity contribution in [2.75, 3.05) is 77.5 Å². The van der Waals surface area contributed by atoms with Crippen molar-refractivity contribution in [3.63, 3.8) is 0 Å². The molecule has 46 heavy (non-hydrogen) atoms. The summed E-state index contributed by atoms with van der Waals surface area (Å²) < 4.78 is 20.3. The molecule has 3 amide bonds. The molecule has 0 saturated carbocycles. The van der Waals surface area contributed by atoms with Crippen LogP contribution in [-0.4, -0.2) is 102 Å². The fourth-order valence-corrected chi connectivity index (χ4v) is 7.81. The Labute approximate surface area is 284 Å². The molecule has 0 radical (unpaired) electrons. The third-order valence-electron chi connectivity index (χ3n) is 7.70. The number of urea groups is 1. The van der Waals surface area contributed by atoms with Crippen LogP contribution >= 0.6 is 23.7 Å². The lowest BCUT2D eigenvalue weighted by Crippen LogP contribution is -2.36. The number of fused-ring (bicyclic) bond motifs is 2. The number of carbonyl (C=O) groups excluding carboxylic acids is 2. The number of anilines is 1. The van der Waals surface area contributed by atoms with Gasteiger partial charge in [-0.3, -0.25) is 9.52 Å². The van der Waals surface area contributed by atoms with E-state index in [4.69, 9.17) is 14.2 Å². The van der Waals surface area contributed by atoms with Gasteiger partial charge in [-0.15, -0.1) is 0 Å². The van der Waals surface area contributed by atoms with E-state index in [9.17, 15) is 9.59 Å². The molecule has 3 unspecified atom stereocenters. The molecule has 2 aromatic carbocycles. The van der Waals surface area contributed by atoms with Gasteiger partial charge in [0.05, 0.1) is 38.5 Å². The Hall–Kier alpha value is -2.22. The quantitative estimate of drug-likeness (QED) is 0.0759. The van der Waals surface area contributed by atoms with E-state index in [1.165, 1.54) is 21.4 Å². The molecule has 12 heteroatoms. The van der Waals surface area contributed by atoms with E-state index < -0.39 is 0 Å². The van der Waals surface area contributed by atoms with Crippen molar-refractivity contribution in [1.82, 2.24) is 20.7 Å². The summed E-state index contributed by atoms with van der Waals surface area (Å²) >= 11 is 3.59. The number of unbranched alkanes of at least 4 members (excludes halogenated alkanes) is 1. The number of nitrogens with one attached hydrogen (secondary N) is 4. The predicted octanol–water partition coefficient (Wildman–Crippen LogP) is 5.20. The van der Waals surface area contributed by atoms with Gasteiger partial charge in [-0.2, -0.15) is 11.8 Å². The van der Waals surface area contributed by atoms with Crippen LogP contribution in [0.3, 0.4) is 0 Å². The Morgan fingerprint density at radius 1 is 0.891 bits per heavy atom. The van der Waals surface area contributed by atoms with Gasteiger partial charge in [0.15, 0.2) is 0 Å². The zero-order valence-corrected chi connectivity index (χ0v) is 29.7. The highest BCUT2D eigenvalue weighted by Crippen LogP contribution is 2.33. The molecular formula is C34H55N5O5S2. The summed E-state index contributed by atoms with van der Waals surface area (Å²) in [6.45, 7) is 8.98. The minimum Gasteiger partial charge on any atom is -0.379 e. The second kappa shape index (κ2) is 22.4. The molecule has 0 bridgehead atoms. The standard InChI is InChI=1S/C32H49N5O5S2.C2H6/c1-37(2)27-11-5-10-25-24(27)9-6-13-28(25)44-34-16-8-18-41-20-22-42-21-19-40-17-7-15-33-30(38)14-4-3-12-29-31-26(23-43-29)35-32(39)36-31;1-2/h5-6,9-11,13,26,29,31,34H,3-4,7-8,12,14-23H2,1-2H3,(H,33,38)(H2,35,36,39);1-2H3. The lowest BCUT2D eigenvalue weighted by Gasteiger charge is -2.16. The van der Waals surface area contributed by atoms with Gasteiger partial charge >= 0.3 is 6.03 Å². The minimum absolute atomic E-state index is 0.0476. The summed E-state index contributed by atoms with van der Waals surface area (Å²) in [6.07, 6.45) is 5.17. The van der Waals surface area contributed by atoms with Crippen LogP contribution < -0.4 is 25.6 Å². The van der Waals surface area contributed by atoms with E-state index in [1.807, 2.05) is 25.6 Å². The largest absolute Gasteiger partial charge is 0.379 e. The third-order valence-corrected chi connectivity index (χ3v) is 10.1. The molecule has 4 N–H and O–H groups in total. The Bertz CT molecular complexity index is 1170. The molecule has 258 valence electrons. The molecule has 2 saturated heterocycles. The van der Waals surface area contributed by atoms with Gasteiger partial charge in [0.1, 0.15) is 0 Å². The van der Waals surface area contributed by atoms with E-state index >= 15 is 0 Å². The second-order valence-corrected chi connectivity index (χ2v) is 13.5. The van der Waals surface area contributed by atoms with E-state index in [-0.39, 0.29) is 24.0 Å². The first-order valence-electron chi connectivity index (χ1n) is 16.8. The van der Waals surface area contributed by atoms with Crippen LogP contribution in [0.5, 0.6) is 0 Å². The van der Waals surface area contributed by atoms with E-state index in [2.05, 4.69) is 76.1 Å². The zero-order valence-electron chi connectivity index (χ0n) is 28.1. The molecule has 0 aliphatic carbocycles. The monoisotopic (exact) mass is 677 g/mol. The normalized spacial score (nSPS) is 18.4. The van der Waals surface area contributed by atoms with Crippen molar-refractivity contribution in [1.29, 1.82) is 0 Å². The summed E-state index contributed by atoms with van der Waals surface area (Å²) in [4.78, 5) is 26.9. The number of amides is 3. The Balaban J connectivity index is 0.00000282. The minimum atomic E-state index is -0.0476. The van der Waals surface area contributed by atoms with Crippen LogP contribution in [0.1, 0.15) is 52.4 Å². The maximum Gasteiger partial charge on any atom is 0.315 e. The van der Waals surface area contributed by atoms with Gasteiger partial charge in [-0.25, -0.2) is 4.79 Å². The van der Waals surface area contributed by atoms with Gasteiger partial charge in [0, 0.05) is 73.8 Å². The zero-order chi connectivity index (χ0) is 33.0. The molecule has 2 fully saturated rings. The smallest absolute Gasteiger partial charge is 0.315 e. The van der Waals surface area contributed by atoms with Gasteiger partial charge < -0.3 is 35.1 Å². The average molecular weight is 678 g/mol. The summed E-state index contributed by atoms with van der Waals surface area (Å²) in [6, 6.07) is 13.3. The molecule has 10 nitrogen and oxygen atoms in total. The van der Waals surface area contributed by atoms with E-state index in [0.29, 0.717) is 57.9 Å². The Kier molecular flexibility index (Phi) is 18.6. The first-order chi connectivity index (χ1) is 22.5. The SMILES string of the molecule is CC.CN(C)c1cccc2c(SNCCCOCCOCCOCCCNC(=O)CCCCC3SCC4NC(=O)NC43)cccc12. The van der Waals surface area contributed by atoms with Crippen LogP contribution in [0.25, 0.3) is 10.8 Å². The van der Waals surface area contributed by atoms with Crippen molar-refractivity contribution >= 4 is 52.1 Å². The number of ether oxygens (including phenoxy) is 3. The highest BCUT2D eigenvalue weighted by Gasteiger charge is 2.42. The number of hydrogen-bond acceptors (Lipinski definition) is 9. The summed E-state index contributed by atoms with van der Waals surface area (Å²) in [5.41, 5.74) is 1.23. The molecule has 2 aromatic rings. The number of rotatable bonds is 22. The van der Waals surface area contributed by atoms with Gasteiger partial charge in [0.2, 0.25) is 5.91 Å². The maximum absolute atomic E-state index is 12.1. The van der Waals surface area contributed by atoms with Crippen molar-refractivity contribution in [2.45, 2.75) is 74.6 Å². The average Bonchev–Trinajstić information content (AvgIpc) is 3.62. The van der Waals surface area contributed by atoms with Crippen molar-refractivity contribution in [3.8, 4) is 0 Å².